The summed E-state index contributed by atoms with van der Waals surface area (Å²) < 4.78 is 4.87. The molecule has 2 fully saturated rings. The summed E-state index contributed by atoms with van der Waals surface area (Å²) >= 11 is 3.44. The first-order chi connectivity index (χ1) is 18.6. The minimum atomic E-state index is -0.977. The number of methoxy groups -OCH3 is 1. The zero-order chi connectivity index (χ0) is 29.8. The number of hydrogen-bond acceptors (Lipinski definition) is 7. The highest BCUT2D eigenvalue weighted by Crippen LogP contribution is 2.40. The van der Waals surface area contributed by atoms with Crippen molar-refractivity contribution in [3.8, 4) is 0 Å². The smallest absolute Gasteiger partial charge is 0.407 e. The second-order valence-electron chi connectivity index (χ2n) is 12.7. The van der Waals surface area contributed by atoms with E-state index in [-0.39, 0.29) is 47.7 Å². The molecular formula is C30H45ClN2O6S2. The average Bonchev–Trinajstić information content (AvgIpc) is 3.59. The van der Waals surface area contributed by atoms with Gasteiger partial charge in [-0.05, 0) is 67.3 Å². The van der Waals surface area contributed by atoms with Crippen molar-refractivity contribution < 1.29 is 29.3 Å². The van der Waals surface area contributed by atoms with Crippen molar-refractivity contribution in [1.29, 1.82) is 0 Å². The first kappa shape index (κ1) is 35.1. The third-order valence-corrected chi connectivity index (χ3v) is 10.8. The van der Waals surface area contributed by atoms with Crippen LogP contribution in [0.1, 0.15) is 98.8 Å². The fraction of sp³-hybridized carbons (Fsp3) is 0.633. The molecule has 0 spiro atoms. The molecule has 2 saturated heterocycles. The Morgan fingerprint density at radius 2 is 1.44 bits per heavy atom. The normalized spacial score (nSPS) is 23.0. The summed E-state index contributed by atoms with van der Waals surface area (Å²) in [6.07, 6.45) is 1.48. The molecule has 2 aliphatic rings. The number of hydrogen-bond donors (Lipinski definition) is 3. The summed E-state index contributed by atoms with van der Waals surface area (Å²) in [5.41, 5.74) is 0.206. The van der Waals surface area contributed by atoms with Crippen LogP contribution in [-0.2, 0) is 25.2 Å². The van der Waals surface area contributed by atoms with Crippen molar-refractivity contribution in [1.82, 2.24) is 10.2 Å². The van der Waals surface area contributed by atoms with E-state index in [0.29, 0.717) is 18.9 Å². The highest BCUT2D eigenvalue weighted by Gasteiger charge is 2.37. The van der Waals surface area contributed by atoms with Crippen molar-refractivity contribution in [2.45, 2.75) is 90.1 Å². The summed E-state index contributed by atoms with van der Waals surface area (Å²) in [6, 6.07) is 8.31. The number of halogens is 1. The molecule has 2 aromatic heterocycles. The fourth-order valence-electron chi connectivity index (χ4n) is 5.08. The Labute approximate surface area is 257 Å². The maximum atomic E-state index is 11.7. The lowest BCUT2D eigenvalue weighted by Crippen LogP contribution is -2.41. The number of carbonyl (C=O) groups is 3. The molecule has 0 aromatic carbocycles. The van der Waals surface area contributed by atoms with Gasteiger partial charge in [-0.15, -0.1) is 35.1 Å². The van der Waals surface area contributed by atoms with Crippen molar-refractivity contribution >= 4 is 53.1 Å². The third-order valence-electron chi connectivity index (χ3n) is 7.54. The Hall–Kier alpha value is -2.14. The van der Waals surface area contributed by atoms with E-state index in [4.69, 9.17) is 4.74 Å². The van der Waals surface area contributed by atoms with E-state index < -0.39 is 18.0 Å². The Bertz CT molecular complexity index is 1180. The van der Waals surface area contributed by atoms with Crippen molar-refractivity contribution in [2.75, 3.05) is 20.2 Å². The van der Waals surface area contributed by atoms with Crippen molar-refractivity contribution in [3.63, 3.8) is 0 Å². The molecule has 4 rings (SSSR count). The number of esters is 1. The topological polar surface area (TPSA) is 116 Å². The lowest BCUT2D eigenvalue weighted by Gasteiger charge is -2.35. The number of rotatable bonds is 4. The molecule has 0 saturated carbocycles. The maximum absolute atomic E-state index is 11.7. The Morgan fingerprint density at radius 1 is 0.878 bits per heavy atom. The van der Waals surface area contributed by atoms with Crippen LogP contribution in [0.25, 0.3) is 0 Å². The van der Waals surface area contributed by atoms with E-state index in [9.17, 15) is 24.6 Å². The number of ether oxygens (including phenoxy) is 1. The quantitative estimate of drug-likeness (QED) is 0.306. The maximum Gasteiger partial charge on any atom is 0.407 e. The number of carboxylic acids is 1. The van der Waals surface area contributed by atoms with Gasteiger partial charge in [0, 0.05) is 32.1 Å². The molecule has 4 heterocycles. The van der Waals surface area contributed by atoms with E-state index in [2.05, 4.69) is 59.0 Å². The number of likely N-dealkylation sites (tertiary alicyclic amines) is 1. The number of carbonyl (C=O) groups excluding carboxylic acids is 1. The van der Waals surface area contributed by atoms with Crippen molar-refractivity contribution in [2.24, 2.45) is 11.8 Å². The first-order valence-electron chi connectivity index (χ1n) is 13.9. The Morgan fingerprint density at radius 3 is 1.93 bits per heavy atom. The molecule has 230 valence electrons. The molecule has 2 aromatic rings. The minimum absolute atomic E-state index is 0. The van der Waals surface area contributed by atoms with Gasteiger partial charge in [0.1, 0.15) is 0 Å². The number of carboxylic acid groups (broad SMARTS) is 2. The Balaban J connectivity index is 0.000000281. The average molecular weight is 629 g/mol. The van der Waals surface area contributed by atoms with Crippen LogP contribution < -0.4 is 5.32 Å². The van der Waals surface area contributed by atoms with Crippen LogP contribution in [0.4, 0.5) is 4.79 Å². The third kappa shape index (κ3) is 9.17. The summed E-state index contributed by atoms with van der Waals surface area (Å²) in [6.45, 7) is 14.2. The van der Waals surface area contributed by atoms with Gasteiger partial charge in [0.25, 0.3) is 0 Å². The molecule has 3 N–H and O–H groups in total. The summed E-state index contributed by atoms with van der Waals surface area (Å²) in [5, 5.41) is 22.1. The number of piperidine rings is 2. The van der Waals surface area contributed by atoms with Crippen LogP contribution in [-0.4, -0.2) is 53.3 Å². The zero-order valence-electron chi connectivity index (χ0n) is 25.1. The lowest BCUT2D eigenvalue weighted by molar-refractivity contribution is -0.146. The summed E-state index contributed by atoms with van der Waals surface area (Å²) in [7, 11) is 1.47. The summed E-state index contributed by atoms with van der Waals surface area (Å²) in [5.74, 6) is -1.33. The van der Waals surface area contributed by atoms with Gasteiger partial charge in [-0.25, -0.2) is 4.79 Å². The standard InChI is InChI=1S/C15H21NO4S.C15H23NO2S.ClH/c1-15(2,3)12-5-4-11(21-12)10-8-9(13(17)18)6-7-16(10)14(19)20;1-15(2,3)13-6-5-12(19-13)11-9-10(7-8-16-11)14(17)18-4;/h4-5,9-10H,6-8H2,1-3H3,(H,17,18)(H,19,20);5-6,10-11,16H,7-9H2,1-4H3;1H. The van der Waals surface area contributed by atoms with Crippen LogP contribution in [0.3, 0.4) is 0 Å². The molecule has 4 atom stereocenters. The van der Waals surface area contributed by atoms with Gasteiger partial charge in [0.05, 0.1) is 25.0 Å². The minimum Gasteiger partial charge on any atom is -0.481 e. The predicted octanol–water partition coefficient (Wildman–Crippen LogP) is 7.24. The number of amides is 1. The van der Waals surface area contributed by atoms with E-state index in [0.717, 1.165) is 24.3 Å². The molecule has 0 aliphatic carbocycles. The highest BCUT2D eigenvalue weighted by atomic mass is 35.5. The van der Waals surface area contributed by atoms with Crippen LogP contribution in [0.15, 0.2) is 24.3 Å². The van der Waals surface area contributed by atoms with Crippen molar-refractivity contribution in [3.05, 3.63) is 43.8 Å². The van der Waals surface area contributed by atoms with Gasteiger partial charge in [0.2, 0.25) is 0 Å². The van der Waals surface area contributed by atoms with Gasteiger partial charge in [0.15, 0.2) is 0 Å². The Kier molecular flexibility index (Phi) is 12.3. The fourth-order valence-corrected chi connectivity index (χ4v) is 7.43. The number of nitrogens with zero attached hydrogens (tertiary/aromatic N) is 1. The van der Waals surface area contributed by atoms with E-state index in [1.54, 1.807) is 11.3 Å². The monoisotopic (exact) mass is 628 g/mol. The number of aliphatic carboxylic acids is 1. The SMILES string of the molecule is CC(C)(C)c1ccc(C2CC(C(=O)O)CCN2C(=O)O)s1.COC(=O)C1CCNC(c2ccc(C(C)(C)C)s2)C1.Cl. The summed E-state index contributed by atoms with van der Waals surface area (Å²) in [4.78, 5) is 40.5. The second kappa shape index (κ2) is 14.4. The van der Waals surface area contributed by atoms with E-state index in [1.807, 2.05) is 23.5 Å². The zero-order valence-corrected chi connectivity index (χ0v) is 27.5. The molecule has 8 nitrogen and oxygen atoms in total. The number of thiophene rings is 2. The molecular weight excluding hydrogens is 584 g/mol. The molecule has 0 radical (unpaired) electrons. The molecule has 1 amide bonds. The molecule has 11 heteroatoms. The second-order valence-corrected chi connectivity index (χ2v) is 14.9. The predicted molar refractivity (Wildman–Crippen MR) is 167 cm³/mol. The molecule has 0 bridgehead atoms. The highest BCUT2D eigenvalue weighted by molar-refractivity contribution is 7.12. The van der Waals surface area contributed by atoms with Gasteiger partial charge in [-0.1, -0.05) is 41.5 Å². The number of nitrogens with one attached hydrogen (secondary N) is 1. The lowest BCUT2D eigenvalue weighted by atomic mass is 9.90. The van der Waals surface area contributed by atoms with Gasteiger partial charge >= 0.3 is 18.0 Å². The van der Waals surface area contributed by atoms with Crippen LogP contribution in [0.5, 0.6) is 0 Å². The van der Waals surface area contributed by atoms with Crippen LogP contribution >= 0.6 is 35.1 Å². The van der Waals surface area contributed by atoms with Gasteiger partial charge in [-0.3, -0.25) is 9.59 Å². The first-order valence-corrected chi connectivity index (χ1v) is 15.5. The van der Waals surface area contributed by atoms with Crippen LogP contribution in [0, 0.1) is 11.8 Å². The van der Waals surface area contributed by atoms with E-state index >= 15 is 0 Å². The largest absolute Gasteiger partial charge is 0.481 e. The molecule has 4 unspecified atom stereocenters. The van der Waals surface area contributed by atoms with Gasteiger partial charge < -0.3 is 25.2 Å². The van der Waals surface area contributed by atoms with Gasteiger partial charge in [-0.2, -0.15) is 0 Å². The van der Waals surface area contributed by atoms with E-state index in [1.165, 1.54) is 26.6 Å². The van der Waals surface area contributed by atoms with Crippen LogP contribution in [0.2, 0.25) is 0 Å². The molecule has 2 aliphatic heterocycles. The molecule has 41 heavy (non-hydrogen) atoms.